The van der Waals surface area contributed by atoms with Crippen LogP contribution < -0.4 is 0 Å². The van der Waals surface area contributed by atoms with Crippen LogP contribution in [-0.2, 0) is 0 Å². The third kappa shape index (κ3) is 4.29. The third-order valence-corrected chi connectivity index (χ3v) is 2.08. The lowest BCUT2D eigenvalue weighted by Crippen LogP contribution is -2.03. The Labute approximate surface area is 92.7 Å². The van der Waals surface area contributed by atoms with E-state index in [0.717, 1.165) is 4.47 Å². The first-order chi connectivity index (χ1) is 6.88. The Morgan fingerprint density at radius 1 is 1.20 bits per heavy atom. The predicted molar refractivity (Wildman–Crippen MR) is 53.7 cm³/mol. The highest BCUT2D eigenvalue weighted by Crippen LogP contribution is 2.17. The molecule has 1 aromatic rings. The number of carbonyl (C=O) groups excluding carboxylic acids is 1. The van der Waals surface area contributed by atoms with Crippen LogP contribution in [0.3, 0.4) is 0 Å². The van der Waals surface area contributed by atoms with E-state index in [1.54, 1.807) is 12.1 Å². The maximum absolute atomic E-state index is 11.7. The molecule has 0 saturated heterocycles. The fourth-order valence-electron chi connectivity index (χ4n) is 0.881. The Morgan fingerprint density at radius 3 is 2.20 bits per heavy atom. The molecular formula is C10H6BrF3O. The van der Waals surface area contributed by atoms with Crippen molar-refractivity contribution in [2.45, 2.75) is 6.18 Å². The van der Waals surface area contributed by atoms with E-state index in [1.165, 1.54) is 12.1 Å². The molecule has 0 N–H and O–H groups in total. The summed E-state index contributed by atoms with van der Waals surface area (Å²) in [5.74, 6) is -0.667. The van der Waals surface area contributed by atoms with Crippen LogP contribution in [0.15, 0.2) is 40.9 Å². The van der Waals surface area contributed by atoms with Crippen LogP contribution in [0.25, 0.3) is 0 Å². The normalized spacial score (nSPS) is 12.0. The summed E-state index contributed by atoms with van der Waals surface area (Å²) in [4.78, 5) is 11.2. The van der Waals surface area contributed by atoms with Crippen molar-refractivity contribution in [1.82, 2.24) is 0 Å². The standard InChI is InChI=1S/C10H6BrF3O/c11-8-3-1-7(2-4-8)9(15)5-6-10(12,13)14/h1-6H/b6-5-. The van der Waals surface area contributed by atoms with E-state index in [4.69, 9.17) is 0 Å². The van der Waals surface area contributed by atoms with Crippen molar-refractivity contribution >= 4 is 21.7 Å². The number of carbonyl (C=O) groups is 1. The zero-order valence-electron chi connectivity index (χ0n) is 7.38. The highest BCUT2D eigenvalue weighted by atomic mass is 79.9. The molecule has 0 fully saturated rings. The number of rotatable bonds is 2. The smallest absolute Gasteiger partial charge is 0.289 e. The molecule has 0 aliphatic rings. The molecule has 0 heterocycles. The number of hydrogen-bond donors (Lipinski definition) is 0. The van der Waals surface area contributed by atoms with Gasteiger partial charge in [-0.1, -0.05) is 15.9 Å². The van der Waals surface area contributed by atoms with E-state index in [1.807, 2.05) is 0 Å². The number of alkyl halides is 3. The molecule has 0 spiro atoms. The summed E-state index contributed by atoms with van der Waals surface area (Å²) in [7, 11) is 0. The van der Waals surface area contributed by atoms with Crippen molar-refractivity contribution in [2.24, 2.45) is 0 Å². The maximum Gasteiger partial charge on any atom is 0.409 e. The fourth-order valence-corrected chi connectivity index (χ4v) is 1.14. The highest BCUT2D eigenvalue weighted by molar-refractivity contribution is 9.10. The van der Waals surface area contributed by atoms with Crippen molar-refractivity contribution < 1.29 is 18.0 Å². The summed E-state index contributed by atoms with van der Waals surface area (Å²) >= 11 is 3.16. The minimum absolute atomic E-state index is 0.0720. The number of benzene rings is 1. The molecule has 80 valence electrons. The third-order valence-electron chi connectivity index (χ3n) is 1.55. The van der Waals surface area contributed by atoms with Crippen LogP contribution in [-0.4, -0.2) is 12.0 Å². The van der Waals surface area contributed by atoms with Gasteiger partial charge in [0.2, 0.25) is 0 Å². The minimum atomic E-state index is -4.45. The van der Waals surface area contributed by atoms with Gasteiger partial charge in [0.05, 0.1) is 0 Å². The molecule has 0 aliphatic heterocycles. The quantitative estimate of drug-likeness (QED) is 0.595. The van der Waals surface area contributed by atoms with Crippen LogP contribution in [0.1, 0.15) is 10.4 Å². The van der Waals surface area contributed by atoms with Crippen molar-refractivity contribution in [3.8, 4) is 0 Å². The Hall–Kier alpha value is -1.10. The Kier molecular flexibility index (Phi) is 3.68. The maximum atomic E-state index is 11.7. The van der Waals surface area contributed by atoms with Crippen LogP contribution >= 0.6 is 15.9 Å². The number of halogens is 4. The summed E-state index contributed by atoms with van der Waals surface area (Å²) in [5, 5.41) is 0. The highest BCUT2D eigenvalue weighted by Gasteiger charge is 2.22. The summed E-state index contributed by atoms with van der Waals surface area (Å²) in [6.07, 6.45) is -4.01. The van der Waals surface area contributed by atoms with Crippen molar-refractivity contribution in [3.05, 3.63) is 46.5 Å². The molecule has 0 aliphatic carbocycles. The van der Waals surface area contributed by atoms with Crippen LogP contribution in [0.5, 0.6) is 0 Å². The molecule has 0 unspecified atom stereocenters. The van der Waals surface area contributed by atoms with Gasteiger partial charge in [0, 0.05) is 16.1 Å². The Morgan fingerprint density at radius 2 is 1.73 bits per heavy atom. The van der Waals surface area contributed by atoms with Gasteiger partial charge in [0.15, 0.2) is 5.78 Å². The first-order valence-electron chi connectivity index (χ1n) is 3.94. The number of ketones is 1. The summed E-state index contributed by atoms with van der Waals surface area (Å²) in [6.45, 7) is 0. The van der Waals surface area contributed by atoms with E-state index in [2.05, 4.69) is 15.9 Å². The monoisotopic (exact) mass is 278 g/mol. The first-order valence-corrected chi connectivity index (χ1v) is 4.74. The molecule has 0 bridgehead atoms. The van der Waals surface area contributed by atoms with Gasteiger partial charge in [-0.3, -0.25) is 4.79 Å². The van der Waals surface area contributed by atoms with E-state index in [-0.39, 0.29) is 11.6 Å². The van der Waals surface area contributed by atoms with Crippen molar-refractivity contribution in [2.75, 3.05) is 0 Å². The molecule has 0 atom stereocenters. The Bertz CT molecular complexity index is 379. The van der Waals surface area contributed by atoms with Crippen LogP contribution in [0, 0.1) is 0 Å². The largest absolute Gasteiger partial charge is 0.409 e. The molecule has 0 saturated carbocycles. The van der Waals surface area contributed by atoms with Gasteiger partial charge < -0.3 is 0 Å². The van der Waals surface area contributed by atoms with Crippen molar-refractivity contribution in [3.63, 3.8) is 0 Å². The molecule has 5 heteroatoms. The molecule has 0 aromatic heterocycles. The number of allylic oxidation sites excluding steroid dienone is 2. The van der Waals surface area contributed by atoms with Gasteiger partial charge in [-0.15, -0.1) is 0 Å². The second-order valence-electron chi connectivity index (χ2n) is 2.75. The van der Waals surface area contributed by atoms with E-state index < -0.39 is 12.0 Å². The van der Waals surface area contributed by atoms with Gasteiger partial charge in [0.1, 0.15) is 0 Å². The van der Waals surface area contributed by atoms with Gasteiger partial charge in [-0.05, 0) is 30.3 Å². The summed E-state index contributed by atoms with van der Waals surface area (Å²) in [6, 6.07) is 6.09. The van der Waals surface area contributed by atoms with Crippen LogP contribution in [0.4, 0.5) is 13.2 Å². The van der Waals surface area contributed by atoms with Crippen molar-refractivity contribution in [1.29, 1.82) is 0 Å². The second-order valence-corrected chi connectivity index (χ2v) is 3.66. The van der Waals surface area contributed by atoms with E-state index in [9.17, 15) is 18.0 Å². The Balaban J connectivity index is 2.78. The lowest BCUT2D eigenvalue weighted by Gasteiger charge is -1.98. The molecule has 1 rings (SSSR count). The van der Waals surface area contributed by atoms with Gasteiger partial charge >= 0.3 is 6.18 Å². The molecular weight excluding hydrogens is 273 g/mol. The predicted octanol–water partition coefficient (Wildman–Crippen LogP) is 3.75. The van der Waals surface area contributed by atoms with Gasteiger partial charge in [-0.2, -0.15) is 13.2 Å². The lowest BCUT2D eigenvalue weighted by atomic mass is 10.1. The molecule has 0 amide bonds. The zero-order valence-corrected chi connectivity index (χ0v) is 8.97. The molecule has 15 heavy (non-hydrogen) atoms. The van der Waals surface area contributed by atoms with Gasteiger partial charge in [-0.25, -0.2) is 0 Å². The first kappa shape index (κ1) is 12.0. The molecule has 1 aromatic carbocycles. The summed E-state index contributed by atoms with van der Waals surface area (Å²) in [5.41, 5.74) is 0.221. The number of hydrogen-bond acceptors (Lipinski definition) is 1. The van der Waals surface area contributed by atoms with Gasteiger partial charge in [0.25, 0.3) is 0 Å². The molecule has 1 nitrogen and oxygen atoms in total. The minimum Gasteiger partial charge on any atom is -0.289 e. The SMILES string of the molecule is O=C(/C=C\C(F)(F)F)c1ccc(Br)cc1. The second kappa shape index (κ2) is 4.61. The average Bonchev–Trinajstić information content (AvgIpc) is 2.14. The zero-order chi connectivity index (χ0) is 11.5. The summed E-state index contributed by atoms with van der Waals surface area (Å²) < 4.78 is 36.0. The lowest BCUT2D eigenvalue weighted by molar-refractivity contribution is -0.0799. The van der Waals surface area contributed by atoms with Crippen LogP contribution in [0.2, 0.25) is 0 Å². The average molecular weight is 279 g/mol. The fraction of sp³-hybridized carbons (Fsp3) is 0.100. The van der Waals surface area contributed by atoms with E-state index in [0.29, 0.717) is 6.08 Å². The molecule has 0 radical (unpaired) electrons. The van der Waals surface area contributed by atoms with E-state index >= 15 is 0 Å². The topological polar surface area (TPSA) is 17.1 Å².